The van der Waals surface area contributed by atoms with Crippen LogP contribution in [0.4, 0.5) is 0 Å². The molecule has 1 fully saturated rings. The number of rotatable bonds is 0. The largest absolute Gasteiger partial charge is 0.393 e. The maximum atomic E-state index is 10.9. The first-order chi connectivity index (χ1) is 9.40. The average Bonchev–Trinajstić information content (AvgIpc) is 2.41. The molecule has 3 rings (SSSR count). The lowest BCUT2D eigenvalue weighted by molar-refractivity contribution is -0.123. The van der Waals surface area contributed by atoms with Crippen molar-refractivity contribution in [3.8, 4) is 0 Å². The third-order valence-electron chi connectivity index (χ3n) is 6.48. The molecular weight excluding hydrogens is 248 g/mol. The van der Waals surface area contributed by atoms with Gasteiger partial charge < -0.3 is 10.2 Å². The normalized spacial score (nSPS) is 45.3. The number of hydrogen-bond acceptors (Lipinski definition) is 2. The van der Waals surface area contributed by atoms with Gasteiger partial charge in [0, 0.05) is 0 Å². The lowest BCUT2D eigenvalue weighted by Gasteiger charge is -2.52. The third-order valence-corrected chi connectivity index (χ3v) is 6.48. The lowest BCUT2D eigenvalue weighted by Crippen LogP contribution is -2.54. The van der Waals surface area contributed by atoms with Gasteiger partial charge in [0.15, 0.2) is 0 Å². The van der Waals surface area contributed by atoms with Crippen LogP contribution in [0.1, 0.15) is 53.4 Å². The van der Waals surface area contributed by atoms with Crippen LogP contribution < -0.4 is 0 Å². The van der Waals surface area contributed by atoms with Crippen LogP contribution in [0, 0.1) is 23.7 Å². The second-order valence-electron chi connectivity index (χ2n) is 7.57. The van der Waals surface area contributed by atoms with Crippen molar-refractivity contribution in [2.75, 3.05) is 0 Å². The van der Waals surface area contributed by atoms with Crippen LogP contribution in [0.2, 0.25) is 0 Å². The van der Waals surface area contributed by atoms with E-state index in [4.69, 9.17) is 0 Å². The number of fused-ring (bicyclic) bond motifs is 2. The van der Waals surface area contributed by atoms with E-state index in [2.05, 4.69) is 27.7 Å². The van der Waals surface area contributed by atoms with E-state index in [1.165, 1.54) is 22.3 Å². The molecular formula is C18H28O2. The van der Waals surface area contributed by atoms with Crippen LogP contribution in [0.5, 0.6) is 0 Å². The second kappa shape index (κ2) is 4.99. The highest BCUT2D eigenvalue weighted by atomic mass is 16.3. The zero-order valence-electron chi connectivity index (χ0n) is 13.2. The van der Waals surface area contributed by atoms with Crippen LogP contribution >= 0.6 is 0 Å². The molecule has 3 aliphatic carbocycles. The molecule has 3 aliphatic rings. The van der Waals surface area contributed by atoms with Gasteiger partial charge in [0.05, 0.1) is 12.2 Å². The Bertz CT molecular complexity index is 390. The Morgan fingerprint density at radius 2 is 0.750 bits per heavy atom. The van der Waals surface area contributed by atoms with Crippen molar-refractivity contribution < 1.29 is 10.2 Å². The molecule has 4 unspecified atom stereocenters. The number of aliphatic hydroxyl groups excluding tert-OH is 2. The van der Waals surface area contributed by atoms with Crippen molar-refractivity contribution in [2.45, 2.75) is 65.6 Å². The van der Waals surface area contributed by atoms with Crippen LogP contribution in [0.25, 0.3) is 0 Å². The SMILES string of the molecule is CC1=C(C)CC2C(O)C3CC(C)=C(C)CC3C(O)C2C1. The molecule has 0 aromatic heterocycles. The Morgan fingerprint density at radius 1 is 0.550 bits per heavy atom. The van der Waals surface area contributed by atoms with Crippen molar-refractivity contribution in [1.82, 2.24) is 0 Å². The van der Waals surface area contributed by atoms with Crippen LogP contribution in [0.15, 0.2) is 22.3 Å². The summed E-state index contributed by atoms with van der Waals surface area (Å²) in [5, 5.41) is 21.7. The highest BCUT2D eigenvalue weighted by Crippen LogP contribution is 2.52. The van der Waals surface area contributed by atoms with Gasteiger partial charge >= 0.3 is 0 Å². The Kier molecular flexibility index (Phi) is 3.58. The summed E-state index contributed by atoms with van der Waals surface area (Å²) in [6, 6.07) is 0. The average molecular weight is 276 g/mol. The van der Waals surface area contributed by atoms with E-state index >= 15 is 0 Å². The zero-order chi connectivity index (χ0) is 14.6. The number of hydrogen-bond donors (Lipinski definition) is 2. The van der Waals surface area contributed by atoms with Gasteiger partial charge in [-0.05, 0) is 77.0 Å². The molecule has 20 heavy (non-hydrogen) atoms. The topological polar surface area (TPSA) is 40.5 Å². The molecule has 0 saturated heterocycles. The van der Waals surface area contributed by atoms with Gasteiger partial charge in [-0.3, -0.25) is 0 Å². The summed E-state index contributed by atoms with van der Waals surface area (Å²) in [6.45, 7) is 8.75. The van der Waals surface area contributed by atoms with Gasteiger partial charge in [0.2, 0.25) is 0 Å². The van der Waals surface area contributed by atoms with Crippen molar-refractivity contribution in [1.29, 1.82) is 0 Å². The molecule has 0 bridgehead atoms. The summed E-state index contributed by atoms with van der Waals surface area (Å²) in [5.74, 6) is 1.06. The standard InChI is InChI=1S/C18H28O2/c1-9-5-13-14(6-10(9)2)18(20)16-8-12(4)11(3)7-15(16)17(13)19/h13-20H,5-8H2,1-4H3. The maximum absolute atomic E-state index is 10.9. The molecule has 1 saturated carbocycles. The highest BCUT2D eigenvalue weighted by molar-refractivity contribution is 5.23. The fourth-order valence-corrected chi connectivity index (χ4v) is 4.85. The molecule has 0 amide bonds. The van der Waals surface area contributed by atoms with Crippen LogP contribution in [-0.4, -0.2) is 22.4 Å². The van der Waals surface area contributed by atoms with Gasteiger partial charge in [-0.25, -0.2) is 0 Å². The third kappa shape index (κ3) is 2.08. The predicted octanol–water partition coefficient (Wildman–Crippen LogP) is 3.45. The molecule has 0 aromatic carbocycles. The fourth-order valence-electron chi connectivity index (χ4n) is 4.85. The summed E-state index contributed by atoms with van der Waals surface area (Å²) < 4.78 is 0. The number of aliphatic hydroxyl groups is 2. The van der Waals surface area contributed by atoms with E-state index in [0.29, 0.717) is 0 Å². The van der Waals surface area contributed by atoms with Gasteiger partial charge in [0.1, 0.15) is 0 Å². The van der Waals surface area contributed by atoms with Crippen molar-refractivity contribution in [3.63, 3.8) is 0 Å². The molecule has 0 aromatic rings. The van der Waals surface area contributed by atoms with Gasteiger partial charge in [-0.2, -0.15) is 0 Å². The Balaban J connectivity index is 1.92. The Labute approximate surface area is 122 Å². The number of allylic oxidation sites excluding steroid dienone is 4. The summed E-state index contributed by atoms with van der Waals surface area (Å²) in [6.07, 6.45) is 3.41. The summed E-state index contributed by atoms with van der Waals surface area (Å²) >= 11 is 0. The fraction of sp³-hybridized carbons (Fsp3) is 0.778. The molecule has 0 spiro atoms. The minimum Gasteiger partial charge on any atom is -0.393 e. The van der Waals surface area contributed by atoms with Crippen molar-refractivity contribution in [3.05, 3.63) is 22.3 Å². The summed E-state index contributed by atoms with van der Waals surface area (Å²) in [7, 11) is 0. The molecule has 2 nitrogen and oxygen atoms in total. The molecule has 2 heteroatoms. The van der Waals surface area contributed by atoms with Crippen molar-refractivity contribution >= 4 is 0 Å². The molecule has 0 heterocycles. The van der Waals surface area contributed by atoms with Crippen molar-refractivity contribution in [2.24, 2.45) is 23.7 Å². The first-order valence-corrected chi connectivity index (χ1v) is 8.06. The van der Waals surface area contributed by atoms with Gasteiger partial charge in [0.25, 0.3) is 0 Å². The van der Waals surface area contributed by atoms with Crippen LogP contribution in [0.3, 0.4) is 0 Å². The summed E-state index contributed by atoms with van der Waals surface area (Å²) in [4.78, 5) is 0. The Morgan fingerprint density at radius 3 is 0.950 bits per heavy atom. The molecule has 112 valence electrons. The first-order valence-electron chi connectivity index (χ1n) is 8.06. The first kappa shape index (κ1) is 14.3. The smallest absolute Gasteiger partial charge is 0.0610 e. The monoisotopic (exact) mass is 276 g/mol. The Hall–Kier alpha value is -0.600. The highest BCUT2D eigenvalue weighted by Gasteiger charge is 2.51. The molecule has 0 radical (unpaired) electrons. The lowest BCUT2D eigenvalue weighted by atomic mass is 9.56. The van der Waals surface area contributed by atoms with Crippen LogP contribution in [-0.2, 0) is 0 Å². The van der Waals surface area contributed by atoms with E-state index in [9.17, 15) is 10.2 Å². The minimum absolute atomic E-state index is 0.237. The van der Waals surface area contributed by atoms with E-state index in [1.807, 2.05) is 0 Å². The quantitative estimate of drug-likeness (QED) is 0.665. The van der Waals surface area contributed by atoms with E-state index in [1.54, 1.807) is 0 Å². The minimum atomic E-state index is -0.237. The zero-order valence-corrected chi connectivity index (χ0v) is 13.2. The summed E-state index contributed by atoms with van der Waals surface area (Å²) in [5.41, 5.74) is 5.70. The van der Waals surface area contributed by atoms with Gasteiger partial charge in [-0.1, -0.05) is 22.3 Å². The molecule has 2 N–H and O–H groups in total. The van der Waals surface area contributed by atoms with Gasteiger partial charge in [-0.15, -0.1) is 0 Å². The van der Waals surface area contributed by atoms with E-state index in [-0.39, 0.29) is 35.9 Å². The molecule has 0 aliphatic heterocycles. The van der Waals surface area contributed by atoms with E-state index in [0.717, 1.165) is 25.7 Å². The van der Waals surface area contributed by atoms with E-state index < -0.39 is 0 Å². The second-order valence-corrected chi connectivity index (χ2v) is 7.57. The molecule has 4 atom stereocenters. The predicted molar refractivity (Wildman–Crippen MR) is 81.2 cm³/mol. The maximum Gasteiger partial charge on any atom is 0.0610 e.